The number of rotatable bonds is 4. The van der Waals surface area contributed by atoms with Gasteiger partial charge in [0.25, 0.3) is 0 Å². The maximum Gasteiger partial charge on any atom is 0.144 e. The third kappa shape index (κ3) is 2.45. The molecule has 3 heteroatoms. The van der Waals surface area contributed by atoms with Crippen molar-refractivity contribution in [2.24, 2.45) is 5.41 Å². The van der Waals surface area contributed by atoms with Crippen molar-refractivity contribution in [3.8, 4) is 6.07 Å². The van der Waals surface area contributed by atoms with Crippen LogP contribution >= 0.6 is 0 Å². The summed E-state index contributed by atoms with van der Waals surface area (Å²) < 4.78 is 0. The fraction of sp³-hybridized carbons (Fsp3) is 0.625. The molecule has 1 N–H and O–H groups in total. The van der Waals surface area contributed by atoms with Crippen molar-refractivity contribution < 1.29 is 0 Å². The summed E-state index contributed by atoms with van der Waals surface area (Å²) in [7, 11) is 0. The summed E-state index contributed by atoms with van der Waals surface area (Å²) in [5, 5.41) is 12.7. The molecule has 2 aliphatic carbocycles. The monoisotopic (exact) mass is 255 g/mol. The molecule has 0 bridgehead atoms. The second kappa shape index (κ2) is 4.85. The Hall–Kier alpha value is -1.56. The summed E-state index contributed by atoms with van der Waals surface area (Å²) in [4.78, 5) is 4.72. The summed E-state index contributed by atoms with van der Waals surface area (Å²) >= 11 is 0. The van der Waals surface area contributed by atoms with Crippen LogP contribution in [0.25, 0.3) is 0 Å². The van der Waals surface area contributed by atoms with Crippen LogP contribution in [0.4, 0.5) is 5.82 Å². The molecular weight excluding hydrogens is 234 g/mol. The topological polar surface area (TPSA) is 48.7 Å². The fourth-order valence-electron chi connectivity index (χ4n) is 2.96. The number of nitrogens with one attached hydrogen (secondary N) is 1. The molecule has 3 nitrogen and oxygen atoms in total. The van der Waals surface area contributed by atoms with E-state index in [0.29, 0.717) is 11.0 Å². The van der Waals surface area contributed by atoms with Gasteiger partial charge in [-0.25, -0.2) is 4.98 Å². The number of hydrogen-bond donors (Lipinski definition) is 1. The Kier molecular flexibility index (Phi) is 3.18. The third-order valence-electron chi connectivity index (χ3n) is 4.76. The van der Waals surface area contributed by atoms with Crippen LogP contribution in [-0.4, -0.2) is 11.5 Å². The number of nitrogens with zero attached hydrogens (tertiary/aromatic N) is 2. The lowest BCUT2D eigenvalue weighted by molar-refractivity contribution is 0.520. The van der Waals surface area contributed by atoms with E-state index in [0.717, 1.165) is 25.2 Å². The van der Waals surface area contributed by atoms with Gasteiger partial charge in [-0.2, -0.15) is 5.26 Å². The number of nitriles is 1. The van der Waals surface area contributed by atoms with Crippen molar-refractivity contribution in [3.63, 3.8) is 0 Å². The number of aryl methyl sites for hydroxylation is 2. The van der Waals surface area contributed by atoms with E-state index < -0.39 is 0 Å². The van der Waals surface area contributed by atoms with E-state index in [1.165, 1.54) is 43.4 Å². The molecule has 3 rings (SSSR count). The number of aromatic nitrogens is 1. The lowest BCUT2D eigenvalue weighted by atomic mass is 9.95. The average Bonchev–Trinajstić information content (AvgIpc) is 3.24. The quantitative estimate of drug-likeness (QED) is 0.896. The second-order valence-electron chi connectivity index (χ2n) is 6.02. The highest BCUT2D eigenvalue weighted by molar-refractivity contribution is 5.55. The molecule has 0 spiro atoms. The Morgan fingerprint density at radius 2 is 2.16 bits per heavy atom. The first kappa shape index (κ1) is 12.5. The minimum absolute atomic E-state index is 0.476. The van der Waals surface area contributed by atoms with Crippen molar-refractivity contribution in [3.05, 3.63) is 22.9 Å². The van der Waals surface area contributed by atoms with Gasteiger partial charge in [-0.3, -0.25) is 0 Å². The molecule has 1 saturated carbocycles. The van der Waals surface area contributed by atoms with Crippen molar-refractivity contribution in [2.75, 3.05) is 11.9 Å². The van der Waals surface area contributed by atoms with E-state index >= 15 is 0 Å². The Morgan fingerprint density at radius 1 is 1.37 bits per heavy atom. The van der Waals surface area contributed by atoms with Crippen molar-refractivity contribution in [2.45, 2.75) is 51.9 Å². The van der Waals surface area contributed by atoms with Gasteiger partial charge < -0.3 is 5.32 Å². The van der Waals surface area contributed by atoms with Crippen LogP contribution in [0, 0.1) is 16.7 Å². The lowest BCUT2D eigenvalue weighted by Gasteiger charge is -2.19. The predicted octanol–water partition coefficient (Wildman–Crippen LogP) is 3.43. The van der Waals surface area contributed by atoms with Gasteiger partial charge in [-0.15, -0.1) is 0 Å². The van der Waals surface area contributed by atoms with Crippen LogP contribution < -0.4 is 5.32 Å². The zero-order chi connectivity index (χ0) is 13.3. The van der Waals surface area contributed by atoms with E-state index in [-0.39, 0.29) is 0 Å². The first-order valence-corrected chi connectivity index (χ1v) is 7.43. The van der Waals surface area contributed by atoms with Crippen molar-refractivity contribution in [1.82, 2.24) is 4.98 Å². The molecule has 1 aromatic heterocycles. The molecule has 19 heavy (non-hydrogen) atoms. The van der Waals surface area contributed by atoms with Crippen molar-refractivity contribution in [1.29, 1.82) is 5.26 Å². The molecule has 1 aromatic rings. The Labute approximate surface area is 115 Å². The molecule has 1 fully saturated rings. The summed E-state index contributed by atoms with van der Waals surface area (Å²) in [6.45, 7) is 3.21. The van der Waals surface area contributed by atoms with Crippen molar-refractivity contribution >= 4 is 5.82 Å². The van der Waals surface area contributed by atoms with E-state index in [1.54, 1.807) is 0 Å². The van der Waals surface area contributed by atoms with Gasteiger partial charge in [-0.05, 0) is 62.0 Å². The summed E-state index contributed by atoms with van der Waals surface area (Å²) in [5.41, 5.74) is 3.68. The molecule has 0 amide bonds. The van der Waals surface area contributed by atoms with Crippen LogP contribution in [0.1, 0.15) is 55.8 Å². The van der Waals surface area contributed by atoms with Gasteiger partial charge in [-0.1, -0.05) is 6.92 Å². The Morgan fingerprint density at radius 3 is 2.84 bits per heavy atom. The number of fused-ring (bicyclic) bond motifs is 1. The van der Waals surface area contributed by atoms with Crippen LogP contribution in [-0.2, 0) is 12.8 Å². The SMILES string of the molecule is CCC1(CNc2nc3c(cc2C#N)CCCC3)CC1. The number of pyridine rings is 1. The van der Waals surface area contributed by atoms with Gasteiger partial charge in [0, 0.05) is 12.2 Å². The number of anilines is 1. The first-order valence-electron chi connectivity index (χ1n) is 7.43. The van der Waals surface area contributed by atoms with Gasteiger partial charge >= 0.3 is 0 Å². The highest BCUT2D eigenvalue weighted by atomic mass is 15.0. The minimum Gasteiger partial charge on any atom is -0.368 e. The summed E-state index contributed by atoms with van der Waals surface area (Å²) in [6, 6.07) is 4.35. The zero-order valence-corrected chi connectivity index (χ0v) is 11.6. The Bertz CT molecular complexity index is 524. The smallest absolute Gasteiger partial charge is 0.144 e. The van der Waals surface area contributed by atoms with E-state index in [1.807, 2.05) is 0 Å². The van der Waals surface area contributed by atoms with Crippen LogP contribution in [0.15, 0.2) is 6.07 Å². The molecular formula is C16H21N3. The van der Waals surface area contributed by atoms with Gasteiger partial charge in [0.1, 0.15) is 11.9 Å². The van der Waals surface area contributed by atoms with Gasteiger partial charge in [0.05, 0.1) is 5.56 Å². The lowest BCUT2D eigenvalue weighted by Crippen LogP contribution is -2.17. The Balaban J connectivity index is 1.81. The minimum atomic E-state index is 0.476. The first-order chi connectivity index (χ1) is 9.26. The van der Waals surface area contributed by atoms with Crippen LogP contribution in [0.2, 0.25) is 0 Å². The van der Waals surface area contributed by atoms with Crippen LogP contribution in [0.5, 0.6) is 0 Å². The largest absolute Gasteiger partial charge is 0.368 e. The molecule has 0 aliphatic heterocycles. The molecule has 0 unspecified atom stereocenters. The number of hydrogen-bond acceptors (Lipinski definition) is 3. The maximum atomic E-state index is 9.29. The second-order valence-corrected chi connectivity index (χ2v) is 6.02. The molecule has 1 heterocycles. The molecule has 0 saturated heterocycles. The summed E-state index contributed by atoms with van der Waals surface area (Å²) in [6.07, 6.45) is 8.43. The molecule has 0 atom stereocenters. The standard InChI is InChI=1S/C16H21N3/c1-2-16(7-8-16)11-18-15-13(10-17)9-12-5-3-4-6-14(12)19-15/h9H,2-8,11H2,1H3,(H,18,19). The highest BCUT2D eigenvalue weighted by Crippen LogP contribution is 2.48. The predicted molar refractivity (Wildman–Crippen MR) is 76.0 cm³/mol. The highest BCUT2D eigenvalue weighted by Gasteiger charge is 2.40. The molecule has 0 aromatic carbocycles. The molecule has 100 valence electrons. The zero-order valence-electron chi connectivity index (χ0n) is 11.6. The molecule has 2 aliphatic rings. The molecule has 0 radical (unpaired) electrons. The van der Waals surface area contributed by atoms with E-state index in [4.69, 9.17) is 4.98 Å². The van der Waals surface area contributed by atoms with E-state index in [2.05, 4.69) is 24.4 Å². The van der Waals surface area contributed by atoms with Crippen LogP contribution in [0.3, 0.4) is 0 Å². The fourth-order valence-corrected chi connectivity index (χ4v) is 2.96. The van der Waals surface area contributed by atoms with E-state index in [9.17, 15) is 5.26 Å². The third-order valence-corrected chi connectivity index (χ3v) is 4.76. The van der Waals surface area contributed by atoms with Gasteiger partial charge in [0.2, 0.25) is 0 Å². The van der Waals surface area contributed by atoms with Gasteiger partial charge in [0.15, 0.2) is 0 Å². The summed E-state index contributed by atoms with van der Waals surface area (Å²) in [5.74, 6) is 0.808. The average molecular weight is 255 g/mol. The normalized spacial score (nSPS) is 19.4. The maximum absolute atomic E-state index is 9.29.